The molecular weight excluding hydrogens is 309 g/mol. The van der Waals surface area contributed by atoms with Crippen LogP contribution in [0.1, 0.15) is 10.4 Å². The molecule has 0 bridgehead atoms. The molecule has 0 atom stereocenters. The number of carbonyl (C=O) groups is 1. The normalized spacial score (nSPS) is 10.6. The standard InChI is InChI=1S/C16H9Cl2NO2/c17-12-7-6-11(9-13(12)18)16(20)21-14-5-1-3-10-4-2-8-19-15(10)14/h1-9H. The van der Waals surface area contributed by atoms with Crippen molar-refractivity contribution < 1.29 is 9.53 Å². The van der Waals surface area contributed by atoms with Crippen molar-refractivity contribution in [2.24, 2.45) is 0 Å². The summed E-state index contributed by atoms with van der Waals surface area (Å²) in [7, 11) is 0. The lowest BCUT2D eigenvalue weighted by atomic mass is 10.2. The van der Waals surface area contributed by atoms with Crippen molar-refractivity contribution in [2.45, 2.75) is 0 Å². The zero-order valence-electron chi connectivity index (χ0n) is 10.7. The molecule has 0 fully saturated rings. The first-order chi connectivity index (χ1) is 10.1. The van der Waals surface area contributed by atoms with Crippen LogP contribution in [-0.2, 0) is 0 Å². The first-order valence-corrected chi connectivity index (χ1v) is 6.92. The van der Waals surface area contributed by atoms with Crippen LogP contribution in [0.5, 0.6) is 5.75 Å². The summed E-state index contributed by atoms with van der Waals surface area (Å²) < 4.78 is 5.41. The Morgan fingerprint density at radius 2 is 1.81 bits per heavy atom. The van der Waals surface area contributed by atoms with E-state index in [0.717, 1.165) is 5.39 Å². The van der Waals surface area contributed by atoms with Crippen LogP contribution in [-0.4, -0.2) is 11.0 Å². The quantitative estimate of drug-likeness (QED) is 0.505. The van der Waals surface area contributed by atoms with E-state index in [1.165, 1.54) is 6.07 Å². The Kier molecular flexibility index (Phi) is 3.78. The number of nitrogens with zero attached hydrogens (tertiary/aromatic N) is 1. The number of esters is 1. The fourth-order valence-electron chi connectivity index (χ4n) is 1.94. The molecule has 0 spiro atoms. The number of fused-ring (bicyclic) bond motifs is 1. The van der Waals surface area contributed by atoms with Gasteiger partial charge in [0.2, 0.25) is 0 Å². The molecule has 21 heavy (non-hydrogen) atoms. The number of para-hydroxylation sites is 1. The maximum atomic E-state index is 12.2. The number of hydrogen-bond donors (Lipinski definition) is 0. The van der Waals surface area contributed by atoms with Gasteiger partial charge in [-0.15, -0.1) is 0 Å². The van der Waals surface area contributed by atoms with E-state index >= 15 is 0 Å². The molecule has 3 nitrogen and oxygen atoms in total. The average Bonchev–Trinajstić information content (AvgIpc) is 2.50. The van der Waals surface area contributed by atoms with Gasteiger partial charge < -0.3 is 4.74 Å². The highest BCUT2D eigenvalue weighted by Crippen LogP contribution is 2.26. The Hall–Kier alpha value is -2.10. The van der Waals surface area contributed by atoms with Crippen molar-refractivity contribution in [3.05, 3.63) is 70.3 Å². The molecule has 0 aliphatic rings. The Morgan fingerprint density at radius 1 is 1.00 bits per heavy atom. The summed E-state index contributed by atoms with van der Waals surface area (Å²) in [6, 6.07) is 13.7. The summed E-state index contributed by atoms with van der Waals surface area (Å²) >= 11 is 11.7. The van der Waals surface area contributed by atoms with Crippen LogP contribution >= 0.6 is 23.2 Å². The molecule has 104 valence electrons. The van der Waals surface area contributed by atoms with Crippen LogP contribution in [0.15, 0.2) is 54.7 Å². The van der Waals surface area contributed by atoms with E-state index in [4.69, 9.17) is 27.9 Å². The Labute approximate surface area is 131 Å². The van der Waals surface area contributed by atoms with Gasteiger partial charge in [0.15, 0.2) is 5.75 Å². The second-order valence-corrected chi connectivity index (χ2v) is 5.16. The fourth-order valence-corrected chi connectivity index (χ4v) is 2.24. The minimum absolute atomic E-state index is 0.308. The highest BCUT2D eigenvalue weighted by atomic mass is 35.5. The van der Waals surface area contributed by atoms with Crippen molar-refractivity contribution in [1.29, 1.82) is 0 Å². The molecule has 0 saturated heterocycles. The smallest absolute Gasteiger partial charge is 0.343 e. The number of carbonyl (C=O) groups excluding carboxylic acids is 1. The molecule has 3 rings (SSSR count). The van der Waals surface area contributed by atoms with Gasteiger partial charge in [0, 0.05) is 11.6 Å². The molecule has 0 saturated carbocycles. The number of pyridine rings is 1. The number of benzene rings is 2. The lowest BCUT2D eigenvalue weighted by Crippen LogP contribution is -2.08. The van der Waals surface area contributed by atoms with Crippen molar-refractivity contribution in [1.82, 2.24) is 4.98 Å². The van der Waals surface area contributed by atoms with Gasteiger partial charge >= 0.3 is 5.97 Å². The van der Waals surface area contributed by atoms with E-state index < -0.39 is 5.97 Å². The van der Waals surface area contributed by atoms with Crippen molar-refractivity contribution >= 4 is 40.1 Å². The van der Waals surface area contributed by atoms with Gasteiger partial charge in [-0.1, -0.05) is 41.4 Å². The van der Waals surface area contributed by atoms with Gasteiger partial charge in [-0.25, -0.2) is 4.79 Å². The minimum atomic E-state index is -0.508. The number of halogens is 2. The van der Waals surface area contributed by atoms with Crippen LogP contribution in [0.25, 0.3) is 10.9 Å². The monoisotopic (exact) mass is 317 g/mol. The Balaban J connectivity index is 1.94. The van der Waals surface area contributed by atoms with Gasteiger partial charge in [-0.05, 0) is 30.3 Å². The van der Waals surface area contributed by atoms with Crippen LogP contribution in [0.4, 0.5) is 0 Å². The first-order valence-electron chi connectivity index (χ1n) is 6.16. The zero-order chi connectivity index (χ0) is 14.8. The van der Waals surface area contributed by atoms with E-state index in [1.54, 1.807) is 24.4 Å². The molecule has 2 aromatic carbocycles. The second-order valence-electron chi connectivity index (χ2n) is 4.35. The van der Waals surface area contributed by atoms with Crippen molar-refractivity contribution in [3.63, 3.8) is 0 Å². The molecule has 0 N–H and O–H groups in total. The maximum absolute atomic E-state index is 12.2. The highest BCUT2D eigenvalue weighted by molar-refractivity contribution is 6.42. The molecule has 0 aliphatic carbocycles. The largest absolute Gasteiger partial charge is 0.421 e. The summed E-state index contributed by atoms with van der Waals surface area (Å²) in [6.45, 7) is 0. The number of ether oxygens (including phenoxy) is 1. The molecule has 0 radical (unpaired) electrons. The number of hydrogen-bond acceptors (Lipinski definition) is 3. The predicted octanol–water partition coefficient (Wildman–Crippen LogP) is 4.76. The third-order valence-corrected chi connectivity index (χ3v) is 3.69. The van der Waals surface area contributed by atoms with E-state index in [2.05, 4.69) is 4.98 Å². The Morgan fingerprint density at radius 3 is 2.62 bits per heavy atom. The summed E-state index contributed by atoms with van der Waals surface area (Å²) in [6.07, 6.45) is 1.65. The summed E-state index contributed by atoms with van der Waals surface area (Å²) in [5.74, 6) is -0.101. The molecule has 0 unspecified atom stereocenters. The Bertz CT molecular complexity index is 828. The molecule has 0 aliphatic heterocycles. The van der Waals surface area contributed by atoms with Gasteiger partial charge in [0.05, 0.1) is 15.6 Å². The van der Waals surface area contributed by atoms with E-state index in [9.17, 15) is 4.79 Å². The number of rotatable bonds is 2. The second kappa shape index (κ2) is 5.72. The van der Waals surface area contributed by atoms with E-state index in [0.29, 0.717) is 26.9 Å². The molecule has 0 amide bonds. The lowest BCUT2D eigenvalue weighted by molar-refractivity contribution is 0.0737. The zero-order valence-corrected chi connectivity index (χ0v) is 12.2. The molecular formula is C16H9Cl2NO2. The van der Waals surface area contributed by atoms with Gasteiger partial charge in [-0.2, -0.15) is 0 Å². The summed E-state index contributed by atoms with van der Waals surface area (Å²) in [5, 5.41) is 1.60. The molecule has 5 heteroatoms. The molecule has 3 aromatic rings. The highest BCUT2D eigenvalue weighted by Gasteiger charge is 2.12. The summed E-state index contributed by atoms with van der Waals surface area (Å²) in [5.41, 5.74) is 0.964. The summed E-state index contributed by atoms with van der Waals surface area (Å²) in [4.78, 5) is 16.4. The minimum Gasteiger partial charge on any atom is -0.421 e. The topological polar surface area (TPSA) is 39.2 Å². The molecule has 1 heterocycles. The van der Waals surface area contributed by atoms with E-state index in [1.807, 2.05) is 24.3 Å². The lowest BCUT2D eigenvalue weighted by Gasteiger charge is -2.07. The third kappa shape index (κ3) is 2.84. The average molecular weight is 318 g/mol. The van der Waals surface area contributed by atoms with Crippen molar-refractivity contribution in [3.8, 4) is 5.75 Å². The van der Waals surface area contributed by atoms with Crippen LogP contribution < -0.4 is 4.74 Å². The number of aromatic nitrogens is 1. The van der Waals surface area contributed by atoms with Gasteiger partial charge in [0.1, 0.15) is 5.52 Å². The SMILES string of the molecule is O=C(Oc1cccc2cccnc12)c1ccc(Cl)c(Cl)c1. The first kappa shape index (κ1) is 13.9. The van der Waals surface area contributed by atoms with Crippen LogP contribution in [0.3, 0.4) is 0 Å². The van der Waals surface area contributed by atoms with Gasteiger partial charge in [0.25, 0.3) is 0 Å². The van der Waals surface area contributed by atoms with Crippen molar-refractivity contribution in [2.75, 3.05) is 0 Å². The fraction of sp³-hybridized carbons (Fsp3) is 0. The maximum Gasteiger partial charge on any atom is 0.343 e. The molecule has 1 aromatic heterocycles. The van der Waals surface area contributed by atoms with Crippen LogP contribution in [0, 0.1) is 0 Å². The third-order valence-electron chi connectivity index (χ3n) is 2.95. The van der Waals surface area contributed by atoms with Crippen LogP contribution in [0.2, 0.25) is 10.0 Å². The van der Waals surface area contributed by atoms with Gasteiger partial charge in [-0.3, -0.25) is 4.98 Å². The van der Waals surface area contributed by atoms with E-state index in [-0.39, 0.29) is 0 Å². The predicted molar refractivity (Wildman–Crippen MR) is 83.2 cm³/mol.